The van der Waals surface area contributed by atoms with Crippen LogP contribution in [-0.4, -0.2) is 82.2 Å². The number of aliphatic hydroxyl groups excluding tert-OH is 1. The second-order valence-corrected chi connectivity index (χ2v) is 8.36. The minimum atomic E-state index is -0.534. The molecule has 0 aliphatic carbocycles. The van der Waals surface area contributed by atoms with Gasteiger partial charge < -0.3 is 20.6 Å². The highest BCUT2D eigenvalue weighted by Gasteiger charge is 2.52. The zero-order chi connectivity index (χ0) is 20.3. The van der Waals surface area contributed by atoms with Crippen molar-refractivity contribution in [1.82, 2.24) is 25.5 Å². The molecule has 0 radical (unpaired) electrons. The molecule has 3 N–H and O–H groups in total. The lowest BCUT2D eigenvalue weighted by atomic mass is 9.84. The maximum Gasteiger partial charge on any atom is 0.245 e. The van der Waals surface area contributed by atoms with Crippen molar-refractivity contribution in [3.63, 3.8) is 0 Å². The molecule has 2 amide bonds. The summed E-state index contributed by atoms with van der Waals surface area (Å²) < 4.78 is 0. The lowest BCUT2D eigenvalue weighted by Gasteiger charge is -2.42. The number of aliphatic hydroxyl groups is 1. The minimum absolute atomic E-state index is 0.0861. The van der Waals surface area contributed by atoms with E-state index in [1.165, 1.54) is 0 Å². The van der Waals surface area contributed by atoms with Crippen LogP contribution in [0.5, 0.6) is 0 Å². The second kappa shape index (κ2) is 8.62. The van der Waals surface area contributed by atoms with Crippen LogP contribution in [0.1, 0.15) is 38.5 Å². The lowest BCUT2D eigenvalue weighted by Crippen LogP contribution is -2.60. The van der Waals surface area contributed by atoms with Gasteiger partial charge in [0.1, 0.15) is 18.0 Å². The van der Waals surface area contributed by atoms with Gasteiger partial charge in [-0.25, -0.2) is 4.98 Å². The summed E-state index contributed by atoms with van der Waals surface area (Å²) in [4.78, 5) is 37.9. The van der Waals surface area contributed by atoms with E-state index in [1.54, 1.807) is 18.6 Å². The topological polar surface area (TPSA) is 111 Å². The Morgan fingerprint density at radius 1 is 1.14 bits per heavy atom. The average molecular weight is 402 g/mol. The number of anilines is 1. The number of carbonyl (C=O) groups excluding carboxylic acids is 2. The van der Waals surface area contributed by atoms with Gasteiger partial charge in [0.25, 0.3) is 0 Å². The Labute approximate surface area is 170 Å². The van der Waals surface area contributed by atoms with Crippen LogP contribution in [0.3, 0.4) is 0 Å². The van der Waals surface area contributed by atoms with Crippen LogP contribution in [-0.2, 0) is 9.59 Å². The molecule has 29 heavy (non-hydrogen) atoms. The molecule has 4 rings (SSSR count). The molecule has 0 spiro atoms. The van der Waals surface area contributed by atoms with E-state index in [4.69, 9.17) is 5.11 Å². The standard InChI is InChI=1S/C20H30N6O3/c27-14-18(28)23-16-11-20(5-1-2-8-26(20)13-16)19(29)24-15-3-9-25(10-4-15)17-12-21-6-7-22-17/h6-7,12,15-16,27H,1-5,8-11,13-14H2,(H,23,28)(H,24,29)/t16-,20-/m0/s1. The number of nitrogens with one attached hydrogen (secondary N) is 2. The molecule has 3 aliphatic heterocycles. The minimum Gasteiger partial charge on any atom is -0.387 e. The number of hydrogen-bond acceptors (Lipinski definition) is 7. The summed E-state index contributed by atoms with van der Waals surface area (Å²) >= 11 is 0. The molecular formula is C20H30N6O3. The Balaban J connectivity index is 1.36. The van der Waals surface area contributed by atoms with Crippen LogP contribution in [0, 0.1) is 0 Å². The molecule has 158 valence electrons. The number of rotatable bonds is 5. The second-order valence-electron chi connectivity index (χ2n) is 8.36. The molecule has 4 heterocycles. The van der Waals surface area contributed by atoms with Gasteiger partial charge in [0, 0.05) is 44.1 Å². The Bertz CT molecular complexity index is 724. The van der Waals surface area contributed by atoms with Gasteiger partial charge in [-0.05, 0) is 45.1 Å². The van der Waals surface area contributed by atoms with E-state index < -0.39 is 12.1 Å². The van der Waals surface area contributed by atoms with E-state index in [-0.39, 0.29) is 23.9 Å². The van der Waals surface area contributed by atoms with Crippen LogP contribution < -0.4 is 15.5 Å². The zero-order valence-electron chi connectivity index (χ0n) is 16.7. The molecule has 0 saturated carbocycles. The maximum atomic E-state index is 13.4. The number of nitrogens with zero attached hydrogens (tertiary/aromatic N) is 4. The number of fused-ring (bicyclic) bond motifs is 1. The fourth-order valence-corrected chi connectivity index (χ4v) is 5.07. The number of carbonyl (C=O) groups is 2. The largest absolute Gasteiger partial charge is 0.387 e. The number of amides is 2. The van der Waals surface area contributed by atoms with Crippen LogP contribution in [0.4, 0.5) is 5.82 Å². The molecule has 3 fully saturated rings. The summed E-state index contributed by atoms with van der Waals surface area (Å²) in [5.74, 6) is 0.602. The van der Waals surface area contributed by atoms with E-state index in [9.17, 15) is 9.59 Å². The fourth-order valence-electron chi connectivity index (χ4n) is 5.07. The van der Waals surface area contributed by atoms with Crippen molar-refractivity contribution < 1.29 is 14.7 Å². The van der Waals surface area contributed by atoms with Crippen LogP contribution in [0.15, 0.2) is 18.6 Å². The molecule has 1 aromatic heterocycles. The van der Waals surface area contributed by atoms with Crippen molar-refractivity contribution in [2.45, 2.75) is 56.1 Å². The summed E-state index contributed by atoms with van der Waals surface area (Å²) in [5, 5.41) is 15.2. The molecule has 1 aromatic rings. The molecule has 0 aromatic carbocycles. The molecule has 0 unspecified atom stereocenters. The van der Waals surface area contributed by atoms with Gasteiger partial charge in [0.15, 0.2) is 0 Å². The van der Waals surface area contributed by atoms with Crippen molar-refractivity contribution in [3.8, 4) is 0 Å². The molecule has 3 saturated heterocycles. The van der Waals surface area contributed by atoms with Crippen molar-refractivity contribution in [2.75, 3.05) is 37.7 Å². The molecule has 2 atom stereocenters. The van der Waals surface area contributed by atoms with Gasteiger partial charge in [-0.15, -0.1) is 0 Å². The fraction of sp³-hybridized carbons (Fsp3) is 0.700. The maximum absolute atomic E-state index is 13.4. The quantitative estimate of drug-likeness (QED) is 0.618. The van der Waals surface area contributed by atoms with Crippen molar-refractivity contribution in [2.24, 2.45) is 0 Å². The third kappa shape index (κ3) is 4.20. The van der Waals surface area contributed by atoms with Crippen LogP contribution in [0.2, 0.25) is 0 Å². The summed E-state index contributed by atoms with van der Waals surface area (Å²) in [5.41, 5.74) is -0.534. The third-order valence-corrected chi connectivity index (χ3v) is 6.53. The van der Waals surface area contributed by atoms with E-state index in [0.717, 1.165) is 57.6 Å². The predicted octanol–water partition coefficient (Wildman–Crippen LogP) is -0.333. The molecular weight excluding hydrogens is 372 g/mol. The van der Waals surface area contributed by atoms with E-state index >= 15 is 0 Å². The molecule has 9 nitrogen and oxygen atoms in total. The Morgan fingerprint density at radius 3 is 2.69 bits per heavy atom. The number of piperidine rings is 2. The smallest absolute Gasteiger partial charge is 0.245 e. The normalized spacial score (nSPS) is 28.0. The zero-order valence-corrected chi connectivity index (χ0v) is 16.7. The summed E-state index contributed by atoms with van der Waals surface area (Å²) in [7, 11) is 0. The molecule has 0 bridgehead atoms. The van der Waals surface area contributed by atoms with Gasteiger partial charge in [-0.3, -0.25) is 19.5 Å². The highest BCUT2D eigenvalue weighted by Crippen LogP contribution is 2.38. The Hall–Kier alpha value is -2.26. The summed E-state index contributed by atoms with van der Waals surface area (Å²) in [6.45, 7) is 2.72. The van der Waals surface area contributed by atoms with Gasteiger partial charge in [0.05, 0.1) is 6.20 Å². The summed E-state index contributed by atoms with van der Waals surface area (Å²) in [6.07, 6.45) is 10.4. The van der Waals surface area contributed by atoms with Gasteiger partial charge in [-0.1, -0.05) is 0 Å². The lowest BCUT2D eigenvalue weighted by molar-refractivity contribution is -0.135. The van der Waals surface area contributed by atoms with E-state index in [1.807, 2.05) is 0 Å². The third-order valence-electron chi connectivity index (χ3n) is 6.53. The monoisotopic (exact) mass is 402 g/mol. The number of hydrogen-bond donors (Lipinski definition) is 3. The van der Waals surface area contributed by atoms with Crippen molar-refractivity contribution in [1.29, 1.82) is 0 Å². The SMILES string of the molecule is O=C(CO)N[C@@H]1CN2CCCC[C@@]2(C(=O)NC2CCN(c3cnccn3)CC2)C1. The van der Waals surface area contributed by atoms with Crippen LogP contribution >= 0.6 is 0 Å². The highest BCUT2D eigenvalue weighted by atomic mass is 16.3. The first kappa shape index (κ1) is 20.0. The average Bonchev–Trinajstić information content (AvgIpc) is 3.14. The first-order valence-corrected chi connectivity index (χ1v) is 10.6. The summed E-state index contributed by atoms with van der Waals surface area (Å²) in [6, 6.07) is 0.0664. The Morgan fingerprint density at radius 2 is 1.97 bits per heavy atom. The van der Waals surface area contributed by atoms with E-state index in [2.05, 4.69) is 30.4 Å². The highest BCUT2D eigenvalue weighted by molar-refractivity contribution is 5.87. The van der Waals surface area contributed by atoms with Crippen molar-refractivity contribution >= 4 is 17.6 Å². The Kier molecular flexibility index (Phi) is 5.96. The van der Waals surface area contributed by atoms with Gasteiger partial charge in [0.2, 0.25) is 11.8 Å². The van der Waals surface area contributed by atoms with Gasteiger partial charge >= 0.3 is 0 Å². The molecule has 9 heteroatoms. The van der Waals surface area contributed by atoms with Gasteiger partial charge in [-0.2, -0.15) is 0 Å². The predicted molar refractivity (Wildman–Crippen MR) is 107 cm³/mol. The molecule has 3 aliphatic rings. The first-order chi connectivity index (χ1) is 14.1. The van der Waals surface area contributed by atoms with E-state index in [0.29, 0.717) is 13.0 Å². The first-order valence-electron chi connectivity index (χ1n) is 10.6. The van der Waals surface area contributed by atoms with Crippen LogP contribution in [0.25, 0.3) is 0 Å². The number of aromatic nitrogens is 2. The van der Waals surface area contributed by atoms with Crippen molar-refractivity contribution in [3.05, 3.63) is 18.6 Å².